The number of nitrogens with zero attached hydrogens (tertiary/aromatic N) is 3. The number of hydrogen-bond donors (Lipinski definition) is 2. The van der Waals surface area contributed by atoms with Crippen molar-refractivity contribution in [2.45, 2.75) is 19.8 Å². The van der Waals surface area contributed by atoms with Gasteiger partial charge in [-0.3, -0.25) is 19.7 Å². The molecule has 30 heavy (non-hydrogen) atoms. The Labute approximate surface area is 172 Å². The maximum absolute atomic E-state index is 12.3. The van der Waals surface area contributed by atoms with Crippen molar-refractivity contribution in [3.05, 3.63) is 82.0 Å². The van der Waals surface area contributed by atoms with E-state index < -0.39 is 4.92 Å². The number of nitro benzene ring substituents is 1. The summed E-state index contributed by atoms with van der Waals surface area (Å²) in [5.41, 5.74) is 1.84. The zero-order valence-electron chi connectivity index (χ0n) is 16.4. The molecule has 0 saturated carbocycles. The van der Waals surface area contributed by atoms with E-state index in [0.29, 0.717) is 35.7 Å². The van der Waals surface area contributed by atoms with Crippen molar-refractivity contribution in [1.29, 1.82) is 0 Å². The van der Waals surface area contributed by atoms with Gasteiger partial charge in [0.05, 0.1) is 16.3 Å². The van der Waals surface area contributed by atoms with Crippen LogP contribution in [0.25, 0.3) is 5.69 Å². The number of rotatable bonds is 8. The summed E-state index contributed by atoms with van der Waals surface area (Å²) in [6.45, 7) is 2.17. The quantitative estimate of drug-likeness (QED) is 0.337. The van der Waals surface area contributed by atoms with Gasteiger partial charge in [0, 0.05) is 36.7 Å². The van der Waals surface area contributed by atoms with Gasteiger partial charge in [0.15, 0.2) is 0 Å². The van der Waals surface area contributed by atoms with Gasteiger partial charge in [-0.1, -0.05) is 18.2 Å². The molecule has 2 aromatic carbocycles. The summed E-state index contributed by atoms with van der Waals surface area (Å²) in [7, 11) is 0. The number of nitro groups is 1. The van der Waals surface area contributed by atoms with E-state index in [1.807, 2.05) is 6.07 Å². The first-order chi connectivity index (χ1) is 14.4. The normalized spacial score (nSPS) is 10.4. The molecule has 1 aromatic heterocycles. The molecule has 0 aliphatic heterocycles. The number of benzene rings is 2. The Balaban J connectivity index is 1.54. The summed E-state index contributed by atoms with van der Waals surface area (Å²) in [6.07, 6.45) is 0.703. The Morgan fingerprint density at radius 1 is 1.10 bits per heavy atom. The maximum Gasteiger partial charge on any atom is 0.269 e. The number of non-ortho nitro benzene ring substituents is 1. The average molecular weight is 407 g/mol. The van der Waals surface area contributed by atoms with E-state index in [1.165, 1.54) is 16.8 Å². The zero-order chi connectivity index (χ0) is 21.5. The van der Waals surface area contributed by atoms with Crippen LogP contribution in [0.2, 0.25) is 0 Å². The molecule has 0 saturated heterocycles. The highest BCUT2D eigenvalue weighted by Gasteiger charge is 2.13. The number of anilines is 1. The average Bonchev–Trinajstić information content (AvgIpc) is 3.11. The fourth-order valence-corrected chi connectivity index (χ4v) is 2.85. The molecule has 0 atom stereocenters. The summed E-state index contributed by atoms with van der Waals surface area (Å²) >= 11 is 0. The minimum Gasteiger partial charge on any atom is -0.352 e. The highest BCUT2D eigenvalue weighted by Crippen LogP contribution is 2.20. The van der Waals surface area contributed by atoms with Gasteiger partial charge in [0.25, 0.3) is 11.6 Å². The van der Waals surface area contributed by atoms with E-state index in [1.54, 1.807) is 49.4 Å². The number of aryl methyl sites for hydroxylation is 1. The minimum atomic E-state index is -0.475. The predicted molar refractivity (Wildman–Crippen MR) is 112 cm³/mol. The molecular formula is C21H21N5O4. The molecule has 9 nitrogen and oxygen atoms in total. The molecule has 0 fully saturated rings. The van der Waals surface area contributed by atoms with E-state index in [9.17, 15) is 19.7 Å². The third-order valence-electron chi connectivity index (χ3n) is 4.31. The number of nitrogens with one attached hydrogen (secondary N) is 2. The molecule has 2 amide bonds. The molecule has 3 rings (SSSR count). The predicted octanol–water partition coefficient (Wildman–Crippen LogP) is 3.24. The number of carbonyl (C=O) groups is 2. The molecule has 0 bridgehead atoms. The summed E-state index contributed by atoms with van der Waals surface area (Å²) < 4.78 is 1.52. The number of aromatic nitrogens is 2. The van der Waals surface area contributed by atoms with Gasteiger partial charge in [-0.05, 0) is 37.6 Å². The van der Waals surface area contributed by atoms with Crippen LogP contribution in [0, 0.1) is 17.0 Å². The fraction of sp³-hybridized carbons (Fsp3) is 0.190. The molecule has 3 aromatic rings. The molecule has 2 N–H and O–H groups in total. The Bertz CT molecular complexity index is 1050. The molecular weight excluding hydrogens is 386 g/mol. The van der Waals surface area contributed by atoms with Crippen LogP contribution in [0.5, 0.6) is 0 Å². The first-order valence-corrected chi connectivity index (χ1v) is 9.38. The molecule has 0 spiro atoms. The van der Waals surface area contributed by atoms with E-state index in [0.717, 1.165) is 0 Å². The third kappa shape index (κ3) is 5.28. The molecule has 1 heterocycles. The standard InChI is InChI=1S/C21H21N5O4/c1-15-14-19(25(24-15)17-9-11-18(12-10-17)26(29)30)23-20(27)8-5-13-22-21(28)16-6-3-2-4-7-16/h2-4,6-7,9-12,14H,5,8,13H2,1H3,(H,22,28)(H,23,27). The lowest BCUT2D eigenvalue weighted by atomic mass is 10.2. The summed E-state index contributed by atoms with van der Waals surface area (Å²) in [4.78, 5) is 34.6. The van der Waals surface area contributed by atoms with Crippen LogP contribution in [0.1, 0.15) is 28.9 Å². The smallest absolute Gasteiger partial charge is 0.269 e. The summed E-state index contributed by atoms with van der Waals surface area (Å²) in [5.74, 6) is 0.0783. The lowest BCUT2D eigenvalue weighted by Gasteiger charge is -2.09. The second kappa shape index (κ2) is 9.46. The van der Waals surface area contributed by atoms with Gasteiger partial charge in [-0.25, -0.2) is 4.68 Å². The molecule has 0 radical (unpaired) electrons. The maximum atomic E-state index is 12.3. The number of carbonyl (C=O) groups excluding carboxylic acids is 2. The van der Waals surface area contributed by atoms with Crippen LogP contribution in [0.15, 0.2) is 60.7 Å². The van der Waals surface area contributed by atoms with Crippen molar-refractivity contribution < 1.29 is 14.5 Å². The Kier molecular flexibility index (Phi) is 6.53. The van der Waals surface area contributed by atoms with Crippen LogP contribution >= 0.6 is 0 Å². The van der Waals surface area contributed by atoms with Crippen molar-refractivity contribution in [3.8, 4) is 5.69 Å². The zero-order valence-corrected chi connectivity index (χ0v) is 16.4. The van der Waals surface area contributed by atoms with Gasteiger partial charge in [-0.2, -0.15) is 5.10 Å². The monoisotopic (exact) mass is 407 g/mol. The van der Waals surface area contributed by atoms with Crippen LogP contribution in [-0.4, -0.2) is 33.1 Å². The van der Waals surface area contributed by atoms with E-state index in [-0.39, 0.29) is 23.9 Å². The molecule has 9 heteroatoms. The van der Waals surface area contributed by atoms with Gasteiger partial charge in [0.2, 0.25) is 5.91 Å². The summed E-state index contributed by atoms with van der Waals surface area (Å²) in [6, 6.07) is 16.5. The van der Waals surface area contributed by atoms with Gasteiger partial charge in [0.1, 0.15) is 5.82 Å². The van der Waals surface area contributed by atoms with Gasteiger partial charge >= 0.3 is 0 Å². The SMILES string of the molecule is Cc1cc(NC(=O)CCCNC(=O)c2ccccc2)n(-c2ccc([N+](=O)[O-])cc2)n1. The van der Waals surface area contributed by atoms with Crippen molar-refractivity contribution in [2.75, 3.05) is 11.9 Å². The van der Waals surface area contributed by atoms with Crippen molar-refractivity contribution in [2.24, 2.45) is 0 Å². The van der Waals surface area contributed by atoms with Gasteiger partial charge in [-0.15, -0.1) is 0 Å². The Morgan fingerprint density at radius 3 is 2.47 bits per heavy atom. The third-order valence-corrected chi connectivity index (χ3v) is 4.31. The van der Waals surface area contributed by atoms with Gasteiger partial charge < -0.3 is 10.6 Å². The van der Waals surface area contributed by atoms with Crippen LogP contribution in [0.4, 0.5) is 11.5 Å². The highest BCUT2D eigenvalue weighted by atomic mass is 16.6. The van der Waals surface area contributed by atoms with E-state index in [2.05, 4.69) is 15.7 Å². The molecule has 0 aliphatic carbocycles. The Hall–Kier alpha value is -4.01. The highest BCUT2D eigenvalue weighted by molar-refractivity contribution is 5.94. The lowest BCUT2D eigenvalue weighted by molar-refractivity contribution is -0.384. The second-order valence-electron chi connectivity index (χ2n) is 6.63. The van der Waals surface area contributed by atoms with Crippen LogP contribution < -0.4 is 10.6 Å². The second-order valence-corrected chi connectivity index (χ2v) is 6.63. The van der Waals surface area contributed by atoms with Crippen molar-refractivity contribution in [1.82, 2.24) is 15.1 Å². The van der Waals surface area contributed by atoms with E-state index >= 15 is 0 Å². The topological polar surface area (TPSA) is 119 Å². The van der Waals surface area contributed by atoms with Crippen LogP contribution in [0.3, 0.4) is 0 Å². The van der Waals surface area contributed by atoms with Crippen LogP contribution in [-0.2, 0) is 4.79 Å². The first-order valence-electron chi connectivity index (χ1n) is 9.38. The van der Waals surface area contributed by atoms with Crippen molar-refractivity contribution in [3.63, 3.8) is 0 Å². The lowest BCUT2D eigenvalue weighted by Crippen LogP contribution is -2.25. The van der Waals surface area contributed by atoms with Crippen molar-refractivity contribution >= 4 is 23.3 Å². The number of amides is 2. The summed E-state index contributed by atoms with van der Waals surface area (Å²) in [5, 5.41) is 20.7. The fourth-order valence-electron chi connectivity index (χ4n) is 2.85. The molecule has 154 valence electrons. The molecule has 0 aliphatic rings. The van der Waals surface area contributed by atoms with E-state index in [4.69, 9.17) is 0 Å². The minimum absolute atomic E-state index is 0.0224. The molecule has 0 unspecified atom stereocenters. The number of hydrogen-bond acceptors (Lipinski definition) is 5. The Morgan fingerprint density at radius 2 is 1.80 bits per heavy atom. The largest absolute Gasteiger partial charge is 0.352 e. The first kappa shape index (κ1) is 20.7.